The van der Waals surface area contributed by atoms with Crippen LogP contribution in [-0.4, -0.2) is 88.8 Å². The fourth-order valence-corrected chi connectivity index (χ4v) is 5.14. The molecule has 33 heavy (non-hydrogen) atoms. The number of nitrogens with one attached hydrogen (secondary N) is 1. The van der Waals surface area contributed by atoms with Crippen LogP contribution in [0.4, 0.5) is 0 Å². The van der Waals surface area contributed by atoms with E-state index in [9.17, 15) is 14.4 Å². The van der Waals surface area contributed by atoms with E-state index in [2.05, 4.69) is 16.4 Å². The fraction of sp³-hybridized carbons (Fsp3) is 0.625. The summed E-state index contributed by atoms with van der Waals surface area (Å²) in [5.74, 6) is 0.162. The molecule has 1 aromatic heterocycles. The number of hydrogen-bond acceptors (Lipinski definition) is 6. The van der Waals surface area contributed by atoms with Crippen molar-refractivity contribution >= 4 is 17.7 Å². The highest BCUT2D eigenvalue weighted by atomic mass is 16.2. The number of likely N-dealkylation sites (tertiary alicyclic amines) is 1. The van der Waals surface area contributed by atoms with Gasteiger partial charge in [0.1, 0.15) is 6.04 Å². The smallest absolute Gasteiger partial charge is 0.255 e. The molecule has 3 amide bonds. The van der Waals surface area contributed by atoms with Gasteiger partial charge in [0.15, 0.2) is 0 Å². The van der Waals surface area contributed by atoms with E-state index in [1.54, 1.807) is 34.3 Å². The molecule has 176 valence electrons. The average molecular weight is 453 g/mol. The third-order valence-electron chi connectivity index (χ3n) is 7.13. The van der Waals surface area contributed by atoms with Gasteiger partial charge in [0.05, 0.1) is 18.2 Å². The Morgan fingerprint density at radius 3 is 2.42 bits per heavy atom. The largest absolute Gasteiger partial charge is 0.339 e. The van der Waals surface area contributed by atoms with Gasteiger partial charge < -0.3 is 20.0 Å². The quantitative estimate of drug-likeness (QED) is 0.715. The summed E-state index contributed by atoms with van der Waals surface area (Å²) in [6, 6.07) is 5.67. The molecule has 2 saturated heterocycles. The van der Waals surface area contributed by atoms with Crippen molar-refractivity contribution in [1.82, 2.24) is 25.0 Å². The third kappa shape index (κ3) is 5.50. The zero-order chi connectivity index (χ0) is 23.2. The van der Waals surface area contributed by atoms with Crippen LogP contribution in [0.5, 0.6) is 0 Å². The maximum Gasteiger partial charge on any atom is 0.255 e. The van der Waals surface area contributed by atoms with Crippen LogP contribution in [0.3, 0.4) is 0 Å². The molecule has 2 aliphatic heterocycles. The summed E-state index contributed by atoms with van der Waals surface area (Å²) in [4.78, 5) is 47.4. The molecule has 9 nitrogen and oxygen atoms in total. The standard InChI is InChI=1S/C24H32N6O3/c25-15-21-4-2-10-30(21)22(31)17-27-20-7-5-18(6-8-20)23(32)28-11-13-29(14-12-28)24(33)19-3-1-9-26-16-19/h1,3,9,16,18,20-21,27H,2,4-8,10-14,17H2/t18?,20?,21-/m0/s1. The van der Waals surface area contributed by atoms with Gasteiger partial charge in [-0.15, -0.1) is 0 Å². The number of carbonyl (C=O) groups is 3. The first-order valence-electron chi connectivity index (χ1n) is 12.0. The van der Waals surface area contributed by atoms with Crippen molar-refractivity contribution in [2.45, 2.75) is 50.6 Å². The summed E-state index contributed by atoms with van der Waals surface area (Å²) in [6.07, 6.45) is 8.23. The lowest BCUT2D eigenvalue weighted by atomic mass is 9.85. The molecular formula is C24H32N6O3. The number of hydrogen-bond donors (Lipinski definition) is 1. The number of nitrogens with zero attached hydrogens (tertiary/aromatic N) is 5. The monoisotopic (exact) mass is 452 g/mol. The van der Waals surface area contributed by atoms with Gasteiger partial charge in [0, 0.05) is 57.1 Å². The molecule has 0 radical (unpaired) electrons. The van der Waals surface area contributed by atoms with Crippen LogP contribution >= 0.6 is 0 Å². The molecule has 1 aliphatic carbocycles. The topological polar surface area (TPSA) is 110 Å². The van der Waals surface area contributed by atoms with E-state index >= 15 is 0 Å². The number of rotatable bonds is 5. The van der Waals surface area contributed by atoms with Gasteiger partial charge in [-0.05, 0) is 50.7 Å². The Balaban J connectivity index is 1.17. The predicted octanol–water partition coefficient (Wildman–Crippen LogP) is 1.03. The van der Waals surface area contributed by atoms with Gasteiger partial charge in [-0.1, -0.05) is 0 Å². The Morgan fingerprint density at radius 1 is 1.03 bits per heavy atom. The number of amides is 3. The van der Waals surface area contributed by atoms with Crippen molar-refractivity contribution in [2.24, 2.45) is 5.92 Å². The zero-order valence-electron chi connectivity index (χ0n) is 19.0. The molecule has 3 heterocycles. The van der Waals surface area contributed by atoms with Crippen LogP contribution in [0.2, 0.25) is 0 Å². The number of carbonyl (C=O) groups excluding carboxylic acids is 3. The molecule has 0 bridgehead atoms. The van der Waals surface area contributed by atoms with Gasteiger partial charge in [-0.2, -0.15) is 5.26 Å². The summed E-state index contributed by atoms with van der Waals surface area (Å²) in [5.41, 5.74) is 0.578. The van der Waals surface area contributed by atoms with Gasteiger partial charge in [0.25, 0.3) is 5.91 Å². The number of aromatic nitrogens is 1. The van der Waals surface area contributed by atoms with Crippen molar-refractivity contribution in [3.8, 4) is 6.07 Å². The molecule has 0 unspecified atom stereocenters. The molecule has 1 N–H and O–H groups in total. The van der Waals surface area contributed by atoms with Crippen molar-refractivity contribution in [3.05, 3.63) is 30.1 Å². The molecule has 4 rings (SSSR count). The molecule has 1 aromatic rings. The second-order valence-electron chi connectivity index (χ2n) is 9.16. The van der Waals surface area contributed by atoms with Gasteiger partial charge >= 0.3 is 0 Å². The molecule has 3 fully saturated rings. The van der Waals surface area contributed by atoms with Crippen LogP contribution in [0.25, 0.3) is 0 Å². The SMILES string of the molecule is N#C[C@@H]1CCCN1C(=O)CNC1CCC(C(=O)N2CCN(C(=O)c3cccnc3)CC2)CC1. The lowest BCUT2D eigenvalue weighted by molar-refractivity contribution is -0.138. The lowest BCUT2D eigenvalue weighted by Gasteiger charge is -2.38. The Morgan fingerprint density at radius 2 is 1.76 bits per heavy atom. The van der Waals surface area contributed by atoms with Crippen molar-refractivity contribution in [2.75, 3.05) is 39.3 Å². The summed E-state index contributed by atoms with van der Waals surface area (Å²) in [5, 5.41) is 12.5. The molecule has 0 spiro atoms. The Labute approximate surface area is 194 Å². The highest BCUT2D eigenvalue weighted by Gasteiger charge is 2.33. The second kappa shape index (κ2) is 10.8. The van der Waals surface area contributed by atoms with Gasteiger partial charge in [0.2, 0.25) is 11.8 Å². The maximum atomic E-state index is 13.0. The first kappa shape index (κ1) is 23.2. The molecule has 1 saturated carbocycles. The van der Waals surface area contributed by atoms with E-state index < -0.39 is 0 Å². The van der Waals surface area contributed by atoms with E-state index in [1.807, 2.05) is 4.90 Å². The van der Waals surface area contributed by atoms with Crippen molar-refractivity contribution in [1.29, 1.82) is 5.26 Å². The van der Waals surface area contributed by atoms with E-state index in [0.717, 1.165) is 38.5 Å². The molecule has 1 atom stereocenters. The highest BCUT2D eigenvalue weighted by Crippen LogP contribution is 2.27. The van der Waals surface area contributed by atoms with Crippen LogP contribution in [0, 0.1) is 17.2 Å². The minimum absolute atomic E-state index is 0.00375. The normalized spacial score (nSPS) is 25.5. The Bertz CT molecular complexity index is 885. The second-order valence-corrected chi connectivity index (χ2v) is 9.16. The first-order valence-corrected chi connectivity index (χ1v) is 12.0. The summed E-state index contributed by atoms with van der Waals surface area (Å²) in [7, 11) is 0. The number of pyridine rings is 1. The summed E-state index contributed by atoms with van der Waals surface area (Å²) < 4.78 is 0. The number of piperazine rings is 1. The lowest BCUT2D eigenvalue weighted by Crippen LogP contribution is -2.52. The fourth-order valence-electron chi connectivity index (χ4n) is 5.14. The third-order valence-corrected chi connectivity index (χ3v) is 7.13. The maximum absolute atomic E-state index is 13.0. The Hall–Kier alpha value is -2.99. The van der Waals surface area contributed by atoms with E-state index in [4.69, 9.17) is 5.26 Å². The number of nitriles is 1. The molecule has 0 aromatic carbocycles. The molecular weight excluding hydrogens is 420 g/mol. The first-order chi connectivity index (χ1) is 16.1. The minimum Gasteiger partial charge on any atom is -0.339 e. The van der Waals surface area contributed by atoms with Crippen LogP contribution < -0.4 is 5.32 Å². The average Bonchev–Trinajstić information content (AvgIpc) is 3.36. The minimum atomic E-state index is -0.284. The van der Waals surface area contributed by atoms with Gasteiger partial charge in [-0.25, -0.2) is 0 Å². The molecule has 3 aliphatic rings. The summed E-state index contributed by atoms with van der Waals surface area (Å²) in [6.45, 7) is 3.13. The van der Waals surface area contributed by atoms with E-state index in [1.165, 1.54) is 0 Å². The van der Waals surface area contributed by atoms with Crippen molar-refractivity contribution < 1.29 is 14.4 Å². The van der Waals surface area contributed by atoms with Crippen molar-refractivity contribution in [3.63, 3.8) is 0 Å². The van der Waals surface area contributed by atoms with Crippen LogP contribution in [0.15, 0.2) is 24.5 Å². The summed E-state index contributed by atoms with van der Waals surface area (Å²) >= 11 is 0. The van der Waals surface area contributed by atoms with E-state index in [-0.39, 0.29) is 42.3 Å². The highest BCUT2D eigenvalue weighted by molar-refractivity contribution is 5.94. The predicted molar refractivity (Wildman–Crippen MR) is 121 cm³/mol. The van der Waals surface area contributed by atoms with Gasteiger partial charge in [-0.3, -0.25) is 19.4 Å². The zero-order valence-corrected chi connectivity index (χ0v) is 19.0. The van der Waals surface area contributed by atoms with Crippen LogP contribution in [0.1, 0.15) is 48.9 Å². The Kier molecular flexibility index (Phi) is 7.55. The van der Waals surface area contributed by atoms with Crippen LogP contribution in [-0.2, 0) is 9.59 Å². The van der Waals surface area contributed by atoms with E-state index in [0.29, 0.717) is 38.3 Å². The molecule has 9 heteroatoms.